The molecule has 0 saturated heterocycles. The number of halogens is 2. The number of ether oxygens (including phenoxy) is 2. The minimum Gasteiger partial charge on any atom is -0.490 e. The molecule has 0 aliphatic heterocycles. The summed E-state index contributed by atoms with van der Waals surface area (Å²) in [6, 6.07) is 5.17. The van der Waals surface area contributed by atoms with Crippen LogP contribution in [0, 0.1) is 5.92 Å². The predicted molar refractivity (Wildman–Crippen MR) is 87.8 cm³/mol. The van der Waals surface area contributed by atoms with Crippen molar-refractivity contribution in [1.29, 1.82) is 0 Å². The highest BCUT2D eigenvalue weighted by Gasteiger charge is 2.12. The van der Waals surface area contributed by atoms with Crippen molar-refractivity contribution in [3.8, 4) is 5.75 Å². The van der Waals surface area contributed by atoms with Crippen molar-refractivity contribution in [2.45, 2.75) is 6.92 Å². The molecule has 0 aromatic heterocycles. The summed E-state index contributed by atoms with van der Waals surface area (Å²) in [5.74, 6) is 0.407. The van der Waals surface area contributed by atoms with Crippen LogP contribution in [0.5, 0.6) is 5.75 Å². The van der Waals surface area contributed by atoms with Crippen LogP contribution in [0.3, 0.4) is 0 Å². The standard InChI is InChI=1S/C14H21ClN2O3.ClH/c1-10(9-16-2)14(18)17-11-4-5-13(12(15)8-11)20-7-6-19-3;/h4-5,8,10,16H,6-7,9H2,1-3H3,(H,17,18);1H. The maximum atomic E-state index is 11.9. The van der Waals surface area contributed by atoms with Crippen LogP contribution >= 0.6 is 24.0 Å². The van der Waals surface area contributed by atoms with Crippen LogP contribution in [0.1, 0.15) is 6.92 Å². The van der Waals surface area contributed by atoms with E-state index in [-0.39, 0.29) is 24.2 Å². The lowest BCUT2D eigenvalue weighted by molar-refractivity contribution is -0.119. The topological polar surface area (TPSA) is 59.6 Å². The van der Waals surface area contributed by atoms with E-state index in [9.17, 15) is 4.79 Å². The lowest BCUT2D eigenvalue weighted by Crippen LogP contribution is -2.28. The second-order valence-corrected chi connectivity index (χ2v) is 4.84. The molecule has 1 amide bonds. The first-order chi connectivity index (χ1) is 9.58. The second-order valence-electron chi connectivity index (χ2n) is 4.43. The maximum absolute atomic E-state index is 11.9. The molecule has 120 valence electrons. The Labute approximate surface area is 136 Å². The highest BCUT2D eigenvalue weighted by Crippen LogP contribution is 2.27. The molecule has 0 aliphatic carbocycles. The molecule has 21 heavy (non-hydrogen) atoms. The van der Waals surface area contributed by atoms with Crippen LogP contribution in [0.25, 0.3) is 0 Å². The number of rotatable bonds is 8. The monoisotopic (exact) mass is 336 g/mol. The van der Waals surface area contributed by atoms with Crippen molar-refractivity contribution < 1.29 is 14.3 Å². The Morgan fingerprint density at radius 3 is 2.67 bits per heavy atom. The molecule has 0 aliphatic rings. The number of hydrogen-bond acceptors (Lipinski definition) is 4. The summed E-state index contributed by atoms with van der Waals surface area (Å²) >= 11 is 6.10. The van der Waals surface area contributed by atoms with Gasteiger partial charge < -0.3 is 20.1 Å². The van der Waals surface area contributed by atoms with Crippen LogP contribution in [0.2, 0.25) is 5.02 Å². The first-order valence-electron chi connectivity index (χ1n) is 6.45. The second kappa shape index (κ2) is 10.7. The molecule has 0 radical (unpaired) electrons. The third kappa shape index (κ3) is 7.00. The Kier molecular flexibility index (Phi) is 10.2. The largest absolute Gasteiger partial charge is 0.490 e. The van der Waals surface area contributed by atoms with Gasteiger partial charge in [-0.25, -0.2) is 0 Å². The molecule has 0 heterocycles. The molecule has 7 heteroatoms. The fraction of sp³-hybridized carbons (Fsp3) is 0.500. The lowest BCUT2D eigenvalue weighted by atomic mass is 10.1. The summed E-state index contributed by atoms with van der Waals surface area (Å²) in [4.78, 5) is 11.9. The molecular formula is C14H22Cl2N2O3. The van der Waals surface area contributed by atoms with Gasteiger partial charge >= 0.3 is 0 Å². The molecule has 1 atom stereocenters. The number of carbonyl (C=O) groups excluding carboxylic acids is 1. The van der Waals surface area contributed by atoms with Gasteiger partial charge in [-0.15, -0.1) is 12.4 Å². The van der Waals surface area contributed by atoms with Crippen molar-refractivity contribution in [2.75, 3.05) is 39.2 Å². The molecule has 0 saturated carbocycles. The lowest BCUT2D eigenvalue weighted by Gasteiger charge is -2.13. The minimum absolute atomic E-state index is 0. The van der Waals surface area contributed by atoms with Gasteiger partial charge in [-0.2, -0.15) is 0 Å². The maximum Gasteiger partial charge on any atom is 0.228 e. The molecule has 1 rings (SSSR count). The Hall–Kier alpha value is -1.01. The number of anilines is 1. The Morgan fingerprint density at radius 2 is 2.10 bits per heavy atom. The van der Waals surface area contributed by atoms with E-state index in [1.165, 1.54) is 0 Å². The van der Waals surface area contributed by atoms with E-state index in [0.29, 0.717) is 36.2 Å². The summed E-state index contributed by atoms with van der Waals surface area (Å²) in [5.41, 5.74) is 0.655. The van der Waals surface area contributed by atoms with Gasteiger partial charge in [-0.1, -0.05) is 18.5 Å². The molecule has 1 unspecified atom stereocenters. The number of amides is 1. The van der Waals surface area contributed by atoms with Gasteiger partial charge in [0.1, 0.15) is 12.4 Å². The number of nitrogens with one attached hydrogen (secondary N) is 2. The Balaban J connectivity index is 0.00000400. The van der Waals surface area contributed by atoms with Crippen LogP contribution < -0.4 is 15.4 Å². The van der Waals surface area contributed by atoms with E-state index in [1.807, 2.05) is 14.0 Å². The van der Waals surface area contributed by atoms with Crippen molar-refractivity contribution in [1.82, 2.24) is 5.32 Å². The average molecular weight is 337 g/mol. The average Bonchev–Trinajstić information content (AvgIpc) is 2.41. The zero-order valence-electron chi connectivity index (χ0n) is 12.4. The minimum atomic E-state index is -0.114. The highest BCUT2D eigenvalue weighted by molar-refractivity contribution is 6.32. The molecule has 1 aromatic carbocycles. The van der Waals surface area contributed by atoms with Crippen LogP contribution in [0.4, 0.5) is 5.69 Å². The van der Waals surface area contributed by atoms with Gasteiger partial charge in [-0.05, 0) is 25.2 Å². The third-order valence-corrected chi connectivity index (χ3v) is 3.00. The first-order valence-corrected chi connectivity index (χ1v) is 6.83. The van der Waals surface area contributed by atoms with E-state index >= 15 is 0 Å². The Morgan fingerprint density at radius 1 is 1.38 bits per heavy atom. The molecule has 1 aromatic rings. The van der Waals surface area contributed by atoms with E-state index in [0.717, 1.165) is 0 Å². The Bertz CT molecular complexity index is 444. The van der Waals surface area contributed by atoms with E-state index < -0.39 is 0 Å². The normalized spacial score (nSPS) is 11.4. The van der Waals surface area contributed by atoms with Crippen molar-refractivity contribution >= 4 is 35.6 Å². The fourth-order valence-corrected chi connectivity index (χ4v) is 1.83. The molecule has 0 bridgehead atoms. The van der Waals surface area contributed by atoms with Gasteiger partial charge in [0.2, 0.25) is 5.91 Å². The molecular weight excluding hydrogens is 315 g/mol. The number of carbonyl (C=O) groups is 1. The van der Waals surface area contributed by atoms with Gasteiger partial charge in [0.25, 0.3) is 0 Å². The zero-order valence-corrected chi connectivity index (χ0v) is 14.0. The van der Waals surface area contributed by atoms with E-state index in [1.54, 1.807) is 25.3 Å². The van der Waals surface area contributed by atoms with Crippen molar-refractivity contribution in [3.05, 3.63) is 23.2 Å². The molecule has 0 spiro atoms. The van der Waals surface area contributed by atoms with Crippen molar-refractivity contribution in [3.63, 3.8) is 0 Å². The summed E-state index contributed by atoms with van der Waals surface area (Å²) in [6.45, 7) is 3.41. The van der Waals surface area contributed by atoms with E-state index in [2.05, 4.69) is 10.6 Å². The number of methoxy groups -OCH3 is 1. The van der Waals surface area contributed by atoms with Crippen LogP contribution in [0.15, 0.2) is 18.2 Å². The summed E-state index contributed by atoms with van der Waals surface area (Å²) < 4.78 is 10.3. The fourth-order valence-electron chi connectivity index (χ4n) is 1.59. The smallest absolute Gasteiger partial charge is 0.228 e. The van der Waals surface area contributed by atoms with Crippen LogP contribution in [-0.4, -0.2) is 39.8 Å². The van der Waals surface area contributed by atoms with Crippen molar-refractivity contribution in [2.24, 2.45) is 5.92 Å². The van der Waals surface area contributed by atoms with Gasteiger partial charge in [0, 0.05) is 25.3 Å². The highest BCUT2D eigenvalue weighted by atomic mass is 35.5. The van der Waals surface area contributed by atoms with E-state index in [4.69, 9.17) is 21.1 Å². The van der Waals surface area contributed by atoms with Crippen LogP contribution in [-0.2, 0) is 9.53 Å². The van der Waals surface area contributed by atoms with Gasteiger partial charge in [0.15, 0.2) is 0 Å². The predicted octanol–water partition coefficient (Wildman–Crippen LogP) is 2.58. The summed E-state index contributed by atoms with van der Waals surface area (Å²) in [6.07, 6.45) is 0. The zero-order chi connectivity index (χ0) is 15.0. The first kappa shape index (κ1) is 20.0. The number of hydrogen-bond donors (Lipinski definition) is 2. The van der Waals surface area contributed by atoms with Gasteiger partial charge in [0.05, 0.1) is 11.6 Å². The third-order valence-electron chi connectivity index (χ3n) is 2.70. The number of benzene rings is 1. The quantitative estimate of drug-likeness (QED) is 0.716. The summed E-state index contributed by atoms with van der Waals surface area (Å²) in [5, 5.41) is 6.24. The summed E-state index contributed by atoms with van der Waals surface area (Å²) in [7, 11) is 3.42. The molecule has 0 fully saturated rings. The van der Waals surface area contributed by atoms with Gasteiger partial charge in [-0.3, -0.25) is 4.79 Å². The SMILES string of the molecule is CNCC(C)C(=O)Nc1ccc(OCCOC)c(Cl)c1.Cl. The molecule has 5 nitrogen and oxygen atoms in total. The molecule has 2 N–H and O–H groups in total.